The number of alkyl halides is 1. The molecular formula is C16H24FN5O2. The lowest BCUT2D eigenvalue weighted by Crippen LogP contribution is -2.38. The molecule has 0 amide bonds. The molecule has 0 radical (unpaired) electrons. The summed E-state index contributed by atoms with van der Waals surface area (Å²) in [6.45, 7) is 7.10. The molecule has 2 N–H and O–H groups in total. The van der Waals surface area contributed by atoms with E-state index >= 15 is 0 Å². The van der Waals surface area contributed by atoms with Crippen LogP contribution < -0.4 is 10.9 Å². The van der Waals surface area contributed by atoms with Gasteiger partial charge in [-0.15, -0.1) is 0 Å². The zero-order valence-electron chi connectivity index (χ0n) is 14.4. The average Bonchev–Trinajstić information content (AvgIpc) is 2.98. The number of nitrogens with one attached hydrogen (secondary N) is 2. The molecule has 7 nitrogen and oxygen atoms in total. The summed E-state index contributed by atoms with van der Waals surface area (Å²) in [6, 6.07) is 0. The minimum atomic E-state index is -0.462. The van der Waals surface area contributed by atoms with Gasteiger partial charge in [0.15, 0.2) is 5.65 Å². The van der Waals surface area contributed by atoms with Gasteiger partial charge in [0.25, 0.3) is 5.56 Å². The minimum Gasteiger partial charge on any atom is -0.381 e. The van der Waals surface area contributed by atoms with Gasteiger partial charge in [-0.2, -0.15) is 10.1 Å². The second-order valence-electron chi connectivity index (χ2n) is 7.48. The van der Waals surface area contributed by atoms with Gasteiger partial charge in [0, 0.05) is 25.2 Å². The summed E-state index contributed by atoms with van der Waals surface area (Å²) < 4.78 is 20.6. The maximum Gasteiger partial charge on any atom is 0.263 e. The first-order valence-electron chi connectivity index (χ1n) is 8.21. The quantitative estimate of drug-likeness (QED) is 0.892. The molecule has 8 heteroatoms. The predicted molar refractivity (Wildman–Crippen MR) is 90.1 cm³/mol. The van der Waals surface area contributed by atoms with E-state index in [9.17, 15) is 9.18 Å². The first-order chi connectivity index (χ1) is 11.3. The Bertz CT molecular complexity index is 771. The zero-order chi connectivity index (χ0) is 17.4. The molecule has 0 bridgehead atoms. The van der Waals surface area contributed by atoms with Crippen LogP contribution in [0.25, 0.3) is 11.0 Å². The number of aromatic nitrogens is 4. The number of fused-ring (bicyclic) bond motifs is 1. The number of halogens is 1. The van der Waals surface area contributed by atoms with Crippen LogP contribution in [0.3, 0.4) is 0 Å². The van der Waals surface area contributed by atoms with Crippen molar-refractivity contribution in [2.45, 2.75) is 39.2 Å². The predicted octanol–water partition coefficient (Wildman–Crippen LogP) is 2.05. The summed E-state index contributed by atoms with van der Waals surface area (Å²) in [5.74, 6) is 0.345. The smallest absolute Gasteiger partial charge is 0.263 e. The van der Waals surface area contributed by atoms with Crippen LogP contribution in [0.2, 0.25) is 0 Å². The Kier molecular flexibility index (Phi) is 4.33. The van der Waals surface area contributed by atoms with E-state index < -0.39 is 12.1 Å². The van der Waals surface area contributed by atoms with Crippen molar-refractivity contribution in [2.75, 3.05) is 31.7 Å². The third kappa shape index (κ3) is 3.15. The van der Waals surface area contributed by atoms with Crippen molar-refractivity contribution in [3.63, 3.8) is 0 Å². The van der Waals surface area contributed by atoms with Crippen LogP contribution in [0.4, 0.5) is 10.3 Å². The van der Waals surface area contributed by atoms with Crippen molar-refractivity contribution in [3.8, 4) is 0 Å². The number of aromatic amines is 1. The van der Waals surface area contributed by atoms with Gasteiger partial charge in [0.05, 0.1) is 18.4 Å². The molecule has 1 fully saturated rings. The average molecular weight is 337 g/mol. The van der Waals surface area contributed by atoms with Crippen LogP contribution in [-0.2, 0) is 10.3 Å². The van der Waals surface area contributed by atoms with E-state index in [2.05, 4.69) is 20.4 Å². The van der Waals surface area contributed by atoms with Crippen LogP contribution in [0, 0.1) is 5.41 Å². The normalized spacial score (nSPS) is 18.0. The highest BCUT2D eigenvalue weighted by Gasteiger charge is 2.33. The summed E-state index contributed by atoms with van der Waals surface area (Å²) in [7, 11) is 0. The summed E-state index contributed by atoms with van der Waals surface area (Å²) in [6.07, 6.45) is 2.84. The topological polar surface area (TPSA) is 84.8 Å². The van der Waals surface area contributed by atoms with Crippen molar-refractivity contribution in [2.24, 2.45) is 5.41 Å². The maximum atomic E-state index is 13.5. The summed E-state index contributed by atoms with van der Waals surface area (Å²) in [5.41, 5.74) is -0.481. The first kappa shape index (κ1) is 16.9. The highest BCUT2D eigenvalue weighted by molar-refractivity contribution is 5.74. The summed E-state index contributed by atoms with van der Waals surface area (Å²) >= 11 is 0. The van der Waals surface area contributed by atoms with Crippen LogP contribution >= 0.6 is 0 Å². The van der Waals surface area contributed by atoms with Gasteiger partial charge in [0.2, 0.25) is 5.95 Å². The van der Waals surface area contributed by atoms with Crippen LogP contribution in [-0.4, -0.2) is 46.2 Å². The third-order valence-corrected chi connectivity index (χ3v) is 4.54. The maximum absolute atomic E-state index is 13.5. The van der Waals surface area contributed by atoms with Gasteiger partial charge in [-0.3, -0.25) is 14.2 Å². The number of nitrogens with zero attached hydrogens (tertiary/aromatic N) is 3. The van der Waals surface area contributed by atoms with E-state index in [-0.39, 0.29) is 11.1 Å². The molecule has 2 aromatic heterocycles. The lowest BCUT2D eigenvalue weighted by atomic mass is 9.81. The Morgan fingerprint density at radius 1 is 1.42 bits per heavy atom. The standard InChI is InChI=1S/C16H24FN5O2/c1-15(2,3)22-12-11(8-19-22)13(23)21-14(20-12)18-10-16(9-17)4-6-24-7-5-16/h8H,4-7,9-10H2,1-3H3,(H2,18,20,21,23). The van der Waals surface area contributed by atoms with Gasteiger partial charge in [-0.05, 0) is 33.6 Å². The monoisotopic (exact) mass is 337 g/mol. The number of hydrogen-bond acceptors (Lipinski definition) is 5. The highest BCUT2D eigenvalue weighted by Crippen LogP contribution is 2.31. The lowest BCUT2D eigenvalue weighted by Gasteiger charge is -2.34. The number of ether oxygens (including phenoxy) is 1. The number of H-pyrrole nitrogens is 1. The van der Waals surface area contributed by atoms with Crippen molar-refractivity contribution in [3.05, 3.63) is 16.6 Å². The Morgan fingerprint density at radius 2 is 2.12 bits per heavy atom. The van der Waals surface area contributed by atoms with Crippen molar-refractivity contribution in [1.82, 2.24) is 19.7 Å². The van der Waals surface area contributed by atoms with Crippen LogP contribution in [0.5, 0.6) is 0 Å². The van der Waals surface area contributed by atoms with Gasteiger partial charge >= 0.3 is 0 Å². The van der Waals surface area contributed by atoms with Gasteiger partial charge in [-0.25, -0.2) is 4.68 Å². The number of rotatable bonds is 4. The van der Waals surface area contributed by atoms with Gasteiger partial charge < -0.3 is 10.1 Å². The Labute approximate surface area is 139 Å². The van der Waals surface area contributed by atoms with Crippen molar-refractivity contribution in [1.29, 1.82) is 0 Å². The molecule has 132 valence electrons. The largest absolute Gasteiger partial charge is 0.381 e. The van der Waals surface area contributed by atoms with E-state index in [1.807, 2.05) is 20.8 Å². The molecule has 1 aliphatic rings. The number of anilines is 1. The van der Waals surface area contributed by atoms with Crippen LogP contribution in [0.1, 0.15) is 33.6 Å². The molecular weight excluding hydrogens is 313 g/mol. The Balaban J connectivity index is 1.88. The highest BCUT2D eigenvalue weighted by atomic mass is 19.1. The number of hydrogen-bond donors (Lipinski definition) is 2. The Hall–Kier alpha value is -1.96. The molecule has 0 aliphatic carbocycles. The molecule has 0 saturated carbocycles. The molecule has 0 unspecified atom stereocenters. The molecule has 1 aliphatic heterocycles. The molecule has 0 spiro atoms. The fourth-order valence-electron chi connectivity index (χ4n) is 2.93. The second-order valence-corrected chi connectivity index (χ2v) is 7.48. The fraction of sp³-hybridized carbons (Fsp3) is 0.688. The van der Waals surface area contributed by atoms with E-state index in [0.717, 1.165) is 0 Å². The molecule has 24 heavy (non-hydrogen) atoms. The minimum absolute atomic E-state index is 0.251. The summed E-state index contributed by atoms with van der Waals surface area (Å²) in [4.78, 5) is 19.5. The molecule has 3 rings (SSSR count). The lowest BCUT2D eigenvalue weighted by molar-refractivity contribution is 0.00876. The first-order valence-corrected chi connectivity index (χ1v) is 8.21. The van der Waals surface area contributed by atoms with Gasteiger partial charge in [-0.1, -0.05) is 0 Å². The zero-order valence-corrected chi connectivity index (χ0v) is 14.4. The van der Waals surface area contributed by atoms with Crippen molar-refractivity contribution >= 4 is 17.0 Å². The van der Waals surface area contributed by atoms with Gasteiger partial charge in [0.1, 0.15) is 5.39 Å². The Morgan fingerprint density at radius 3 is 2.75 bits per heavy atom. The second kappa shape index (κ2) is 6.16. The molecule has 1 saturated heterocycles. The van der Waals surface area contributed by atoms with Crippen LogP contribution in [0.15, 0.2) is 11.0 Å². The molecule has 0 atom stereocenters. The van der Waals surface area contributed by atoms with E-state index in [1.165, 1.54) is 6.20 Å². The fourth-order valence-corrected chi connectivity index (χ4v) is 2.93. The molecule has 0 aromatic carbocycles. The van der Waals surface area contributed by atoms with E-state index in [1.54, 1.807) is 4.68 Å². The SMILES string of the molecule is CC(C)(C)n1ncc2c(=O)[nH]c(NCC3(CF)CCOCC3)nc21. The van der Waals surface area contributed by atoms with E-state index in [4.69, 9.17) is 4.74 Å². The molecule has 2 aromatic rings. The summed E-state index contributed by atoms with van der Waals surface area (Å²) in [5, 5.41) is 7.83. The van der Waals surface area contributed by atoms with E-state index in [0.29, 0.717) is 49.6 Å². The molecule has 3 heterocycles. The third-order valence-electron chi connectivity index (χ3n) is 4.54. The van der Waals surface area contributed by atoms with Crippen molar-refractivity contribution < 1.29 is 9.13 Å².